The topological polar surface area (TPSA) is 72.3 Å². The minimum Gasteiger partial charge on any atom is -0.399 e. The van der Waals surface area contributed by atoms with Gasteiger partial charge in [-0.2, -0.15) is 4.98 Å². The first-order valence-corrected chi connectivity index (χ1v) is 7.28. The van der Waals surface area contributed by atoms with Gasteiger partial charge < -0.3 is 9.42 Å². The van der Waals surface area contributed by atoms with Crippen LogP contribution in [0.25, 0.3) is 0 Å². The maximum atomic E-state index is 10.9. The quantitative estimate of drug-likeness (QED) is 0.631. The van der Waals surface area contributed by atoms with E-state index in [1.54, 1.807) is 13.0 Å². The summed E-state index contributed by atoms with van der Waals surface area (Å²) in [6.45, 7) is -2.11. The van der Waals surface area contributed by atoms with Crippen molar-refractivity contribution < 1.29 is 14.0 Å². The van der Waals surface area contributed by atoms with E-state index in [1.807, 2.05) is 0 Å². The molecule has 1 heterocycles. The number of rotatable bonds is 3. The normalized spacial score (nSPS) is 19.7. The fourth-order valence-corrected chi connectivity index (χ4v) is 1.91. The van der Waals surface area contributed by atoms with E-state index >= 15 is 0 Å². The van der Waals surface area contributed by atoms with Gasteiger partial charge in [-0.05, 0) is 32.0 Å². The number of hydrogen-bond donors (Lipinski definition) is 2. The predicted molar refractivity (Wildman–Crippen MR) is 58.2 cm³/mol. The van der Waals surface area contributed by atoms with E-state index in [-0.39, 0.29) is 5.88 Å². The van der Waals surface area contributed by atoms with Crippen LogP contribution in [0.4, 0.5) is 0 Å². The second-order valence-electron chi connectivity index (χ2n) is 3.53. The van der Waals surface area contributed by atoms with Crippen molar-refractivity contribution >= 4 is 19.0 Å². The van der Waals surface area contributed by atoms with Gasteiger partial charge in [-0.1, -0.05) is 0 Å². The molecule has 1 fully saturated rings. The van der Waals surface area contributed by atoms with Crippen molar-refractivity contribution in [2.45, 2.75) is 25.7 Å². The van der Waals surface area contributed by atoms with Gasteiger partial charge in [-0.15, -0.1) is 0 Å². The van der Waals surface area contributed by atoms with Gasteiger partial charge in [-0.3, -0.25) is 0 Å². The van der Waals surface area contributed by atoms with Crippen LogP contribution in [-0.4, -0.2) is 14.9 Å². The fraction of sp³-hybridized carbons (Fsp3) is 0.500. The van der Waals surface area contributed by atoms with Gasteiger partial charge in [0.05, 0.1) is 5.69 Å². The zero-order chi connectivity index (χ0) is 11.1. The Morgan fingerprint density at radius 2 is 2.27 bits per heavy atom. The molecule has 1 aliphatic rings. The van der Waals surface area contributed by atoms with Crippen molar-refractivity contribution in [1.29, 1.82) is 0 Å². The van der Waals surface area contributed by atoms with E-state index < -0.39 is 6.80 Å². The van der Waals surface area contributed by atoms with Crippen LogP contribution in [0.1, 0.15) is 30.3 Å². The van der Waals surface area contributed by atoms with E-state index in [0.717, 1.165) is 18.5 Å². The molecule has 0 radical (unpaired) electrons. The Morgan fingerprint density at radius 1 is 1.60 bits per heavy atom. The number of aromatic nitrogens is 2. The van der Waals surface area contributed by atoms with E-state index in [1.165, 1.54) is 0 Å². The van der Waals surface area contributed by atoms with Gasteiger partial charge in [0.15, 0.2) is 0 Å². The van der Waals surface area contributed by atoms with Crippen LogP contribution in [0, 0.1) is 6.92 Å². The lowest BCUT2D eigenvalue weighted by Crippen LogP contribution is -1.97. The average Bonchev–Trinajstić information content (AvgIpc) is 2.80. The highest BCUT2D eigenvalue weighted by atomic mass is 32.7. The van der Waals surface area contributed by atoms with Crippen molar-refractivity contribution in [3.05, 3.63) is 17.6 Å². The summed E-state index contributed by atoms with van der Waals surface area (Å²) in [5, 5.41) is 0. The fourth-order valence-electron chi connectivity index (χ4n) is 1.32. The highest BCUT2D eigenvalue weighted by molar-refractivity contribution is 8.44. The summed E-state index contributed by atoms with van der Waals surface area (Å²) < 4.78 is 15.7. The average molecular weight is 246 g/mol. The Balaban J connectivity index is 2.27. The molecular weight excluding hydrogens is 235 g/mol. The number of hydrogen-bond acceptors (Lipinski definition) is 4. The molecule has 1 atom stereocenters. The van der Waals surface area contributed by atoms with Crippen molar-refractivity contribution in [3.8, 4) is 5.88 Å². The van der Waals surface area contributed by atoms with Crippen molar-refractivity contribution in [2.24, 2.45) is 0 Å². The molecule has 2 rings (SSSR count). The van der Waals surface area contributed by atoms with E-state index in [0.29, 0.717) is 11.7 Å². The lowest BCUT2D eigenvalue weighted by Gasteiger charge is -2.08. The van der Waals surface area contributed by atoms with E-state index in [2.05, 4.69) is 22.2 Å². The van der Waals surface area contributed by atoms with Crippen LogP contribution in [0.5, 0.6) is 5.88 Å². The third-order valence-corrected chi connectivity index (χ3v) is 2.71. The van der Waals surface area contributed by atoms with Crippen molar-refractivity contribution in [1.82, 2.24) is 9.97 Å². The molecule has 15 heavy (non-hydrogen) atoms. The molecule has 82 valence electrons. The van der Waals surface area contributed by atoms with E-state index in [9.17, 15) is 4.57 Å². The number of aryl methyl sites for hydroxylation is 1. The smallest absolute Gasteiger partial charge is 0.399 e. The summed E-state index contributed by atoms with van der Waals surface area (Å²) in [5.74, 6) is 1.11. The summed E-state index contributed by atoms with van der Waals surface area (Å²) in [5.41, 5.74) is 0.874. The highest BCUT2D eigenvalue weighted by Gasteiger charge is 2.26. The summed E-state index contributed by atoms with van der Waals surface area (Å²) in [4.78, 5) is 17.1. The molecule has 5 nitrogen and oxygen atoms in total. The minimum absolute atomic E-state index is 0.116. The molecule has 1 saturated carbocycles. The first kappa shape index (κ1) is 10.9. The Labute approximate surface area is 92.6 Å². The number of nitrogens with zero attached hydrogens (tertiary/aromatic N) is 2. The molecule has 0 spiro atoms. The maximum absolute atomic E-state index is 10.9. The Morgan fingerprint density at radius 3 is 2.80 bits per heavy atom. The maximum Gasteiger partial charge on any atom is 0.435 e. The second-order valence-corrected chi connectivity index (χ2v) is 6.21. The number of thiol groups is 1. The van der Waals surface area contributed by atoms with Gasteiger partial charge in [0.2, 0.25) is 5.88 Å². The third kappa shape index (κ3) is 3.19. The molecule has 1 unspecified atom stereocenters. The molecular formula is C8H11N2O3PS. The zero-order valence-corrected chi connectivity index (χ0v) is 9.91. The van der Waals surface area contributed by atoms with Gasteiger partial charge in [0.25, 0.3) is 0 Å². The van der Waals surface area contributed by atoms with Crippen LogP contribution in [0.2, 0.25) is 0 Å². The van der Waals surface area contributed by atoms with Crippen molar-refractivity contribution in [2.75, 3.05) is 0 Å². The Hall–Kier alpha value is -0.580. The first-order chi connectivity index (χ1) is 6.94. The molecule has 1 aliphatic carbocycles. The molecule has 7 heteroatoms. The van der Waals surface area contributed by atoms with Gasteiger partial charge in [-0.25, -0.2) is 9.55 Å². The monoisotopic (exact) mass is 246 g/mol. The summed E-state index contributed by atoms with van der Waals surface area (Å²) in [6.07, 6.45) is 2.21. The molecule has 0 aromatic carbocycles. The lowest BCUT2D eigenvalue weighted by molar-refractivity contribution is 0.395. The molecule has 1 N–H and O–H groups in total. The third-order valence-electron chi connectivity index (χ3n) is 2.04. The van der Waals surface area contributed by atoms with Crippen LogP contribution in [0.15, 0.2) is 6.07 Å². The molecule has 0 bridgehead atoms. The van der Waals surface area contributed by atoms with Crippen LogP contribution >= 0.6 is 19.0 Å². The van der Waals surface area contributed by atoms with Gasteiger partial charge >= 0.3 is 6.80 Å². The summed E-state index contributed by atoms with van der Waals surface area (Å²) in [7, 11) is 0. The molecule has 1 aromatic heterocycles. The van der Waals surface area contributed by atoms with E-state index in [4.69, 9.17) is 9.42 Å². The van der Waals surface area contributed by atoms with Crippen LogP contribution < -0.4 is 4.52 Å². The predicted octanol–water partition coefficient (Wildman–Crippen LogP) is 2.07. The van der Waals surface area contributed by atoms with Crippen molar-refractivity contribution in [3.63, 3.8) is 0 Å². The second kappa shape index (κ2) is 3.77. The van der Waals surface area contributed by atoms with Crippen LogP contribution in [-0.2, 0) is 4.57 Å². The zero-order valence-electron chi connectivity index (χ0n) is 8.12. The molecule has 1 aromatic rings. The largest absolute Gasteiger partial charge is 0.435 e. The SMILES string of the molecule is Cc1nc(OP(=O)(O)S)cc(C2CC2)n1. The Bertz CT molecular complexity index is 430. The molecule has 0 saturated heterocycles. The Kier molecular flexibility index (Phi) is 2.75. The van der Waals surface area contributed by atoms with Gasteiger partial charge in [0.1, 0.15) is 5.82 Å². The summed E-state index contributed by atoms with van der Waals surface area (Å²) in [6, 6.07) is 1.60. The lowest BCUT2D eigenvalue weighted by atomic mass is 10.3. The minimum atomic E-state index is -3.83. The highest BCUT2D eigenvalue weighted by Crippen LogP contribution is 2.47. The van der Waals surface area contributed by atoms with Gasteiger partial charge in [0, 0.05) is 12.0 Å². The van der Waals surface area contributed by atoms with Crippen LogP contribution in [0.3, 0.4) is 0 Å². The summed E-state index contributed by atoms with van der Waals surface area (Å²) >= 11 is 3.43. The standard InChI is InChI=1S/C8H11N2O3PS/c1-5-9-7(6-2-3-6)4-8(10-5)13-14(11,12)15/h4,6H,2-3H2,1H3,(H2,11,12,15). The first-order valence-electron chi connectivity index (χ1n) is 4.55. The molecule has 0 amide bonds. The molecule has 0 aliphatic heterocycles.